The summed E-state index contributed by atoms with van der Waals surface area (Å²) in [6.07, 6.45) is 0.402. The summed E-state index contributed by atoms with van der Waals surface area (Å²) >= 11 is 5.92. The molecule has 0 saturated heterocycles. The van der Waals surface area contributed by atoms with Crippen LogP contribution in [-0.2, 0) is 23.8 Å². The minimum absolute atomic E-state index is 0.0180. The molecule has 0 aliphatic heterocycles. The van der Waals surface area contributed by atoms with Crippen LogP contribution in [0.4, 0.5) is 4.79 Å². The average Bonchev–Trinajstić information content (AvgIpc) is 2.61. The predicted molar refractivity (Wildman–Crippen MR) is 115 cm³/mol. The third-order valence-corrected chi connectivity index (χ3v) is 4.16. The fraction of sp³-hybridized carbons (Fsp3) is 0.500. The van der Waals surface area contributed by atoms with Gasteiger partial charge in [-0.05, 0) is 65.7 Å². The van der Waals surface area contributed by atoms with E-state index < -0.39 is 35.3 Å². The van der Waals surface area contributed by atoms with Crippen molar-refractivity contribution in [3.8, 4) is 0 Å². The van der Waals surface area contributed by atoms with Gasteiger partial charge in [-0.15, -0.1) is 0 Å². The third-order valence-electron chi connectivity index (χ3n) is 3.91. The van der Waals surface area contributed by atoms with E-state index >= 15 is 0 Å². The lowest BCUT2D eigenvalue weighted by molar-refractivity contribution is -0.161. The maximum atomic E-state index is 12.6. The van der Waals surface area contributed by atoms with Crippen LogP contribution in [-0.4, -0.2) is 35.3 Å². The fourth-order valence-corrected chi connectivity index (χ4v) is 2.14. The van der Waals surface area contributed by atoms with E-state index in [0.717, 1.165) is 0 Å². The Morgan fingerprint density at radius 3 is 2.17 bits per heavy atom. The van der Waals surface area contributed by atoms with E-state index in [1.165, 1.54) is 6.20 Å². The molecule has 0 saturated carbocycles. The molecule has 1 rings (SSSR count). The lowest BCUT2D eigenvalue weighted by Gasteiger charge is -2.29. The highest BCUT2D eigenvalue weighted by Gasteiger charge is 2.32. The number of rotatable bonds is 7. The molecule has 1 unspecified atom stereocenters. The van der Waals surface area contributed by atoms with Crippen molar-refractivity contribution >= 4 is 35.3 Å². The van der Waals surface area contributed by atoms with Crippen molar-refractivity contribution in [2.75, 3.05) is 0 Å². The van der Waals surface area contributed by atoms with Gasteiger partial charge < -0.3 is 19.5 Å². The van der Waals surface area contributed by atoms with Crippen LogP contribution in [0.1, 0.15) is 60.5 Å². The number of esters is 2. The number of hydrogen-bond donors (Lipinski definition) is 1. The molecule has 0 bridgehead atoms. The van der Waals surface area contributed by atoms with Gasteiger partial charge in [0.15, 0.2) is 0 Å². The van der Waals surface area contributed by atoms with Crippen LogP contribution in [0, 0.1) is 0 Å². The monoisotopic (exact) mass is 439 g/mol. The first-order valence-corrected chi connectivity index (χ1v) is 10.0. The van der Waals surface area contributed by atoms with Crippen molar-refractivity contribution in [3.05, 3.63) is 41.1 Å². The molecular weight excluding hydrogens is 410 g/mol. The van der Waals surface area contributed by atoms with Crippen molar-refractivity contribution in [1.29, 1.82) is 0 Å². The Morgan fingerprint density at radius 2 is 1.67 bits per heavy atom. The number of carbonyl (C=O) groups is 3. The summed E-state index contributed by atoms with van der Waals surface area (Å²) < 4.78 is 15.2. The van der Waals surface area contributed by atoms with Gasteiger partial charge in [0.2, 0.25) is 0 Å². The van der Waals surface area contributed by atoms with Gasteiger partial charge in [0.05, 0.1) is 5.57 Å². The number of carbonyl (C=O) groups excluding carboxylic acids is 3. The zero-order valence-corrected chi connectivity index (χ0v) is 19.3. The number of halogens is 1. The second-order valence-electron chi connectivity index (χ2n) is 8.31. The first kappa shape index (κ1) is 25.5. The van der Waals surface area contributed by atoms with Gasteiger partial charge in [-0.25, -0.2) is 14.4 Å². The zero-order valence-electron chi connectivity index (χ0n) is 18.5. The molecule has 0 fully saturated rings. The average molecular weight is 440 g/mol. The van der Waals surface area contributed by atoms with Gasteiger partial charge >= 0.3 is 18.1 Å². The highest BCUT2D eigenvalue weighted by molar-refractivity contribution is 6.30. The molecule has 0 spiro atoms. The van der Waals surface area contributed by atoms with Gasteiger partial charge in [0.1, 0.15) is 17.2 Å². The second-order valence-corrected chi connectivity index (χ2v) is 8.75. The molecule has 0 aliphatic carbocycles. The first-order valence-electron chi connectivity index (χ1n) is 9.65. The van der Waals surface area contributed by atoms with Crippen LogP contribution in [0.15, 0.2) is 30.5 Å². The smallest absolute Gasteiger partial charge is 0.458 e. The van der Waals surface area contributed by atoms with Crippen LogP contribution < -0.4 is 5.32 Å². The Labute approximate surface area is 182 Å². The number of hydrogen-bond acceptors (Lipinski definition) is 7. The lowest BCUT2D eigenvalue weighted by Crippen LogP contribution is -2.47. The molecule has 8 heteroatoms. The van der Waals surface area contributed by atoms with E-state index in [0.29, 0.717) is 17.0 Å². The molecule has 1 N–H and O–H groups in total. The molecule has 0 amide bonds. The maximum Gasteiger partial charge on any atom is 0.516 e. The van der Waals surface area contributed by atoms with Crippen molar-refractivity contribution in [2.24, 2.45) is 0 Å². The SMILES string of the molecule is CCC(C)OC(=O)OC(=O)/C(=C/NC(C)(C)C(=O)OC(C)(C)C)c1ccc(Cl)cc1. The number of ether oxygens (including phenoxy) is 3. The van der Waals surface area contributed by atoms with Crippen molar-refractivity contribution < 1.29 is 28.6 Å². The Morgan fingerprint density at radius 1 is 1.10 bits per heavy atom. The Balaban J connectivity index is 3.12. The molecule has 0 aromatic heterocycles. The van der Waals surface area contributed by atoms with Gasteiger partial charge in [0, 0.05) is 11.2 Å². The summed E-state index contributed by atoms with van der Waals surface area (Å²) in [5.41, 5.74) is -1.36. The Kier molecular flexibility index (Phi) is 8.90. The van der Waals surface area contributed by atoms with Crippen LogP contribution in [0.5, 0.6) is 0 Å². The van der Waals surface area contributed by atoms with Crippen molar-refractivity contribution in [1.82, 2.24) is 5.32 Å². The first-order chi connectivity index (χ1) is 13.7. The topological polar surface area (TPSA) is 90.9 Å². The van der Waals surface area contributed by atoms with Crippen LogP contribution in [0.3, 0.4) is 0 Å². The highest BCUT2D eigenvalue weighted by atomic mass is 35.5. The number of nitrogens with one attached hydrogen (secondary N) is 1. The molecular formula is C22H30ClNO6. The molecule has 0 heterocycles. The van der Waals surface area contributed by atoms with Crippen molar-refractivity contribution in [2.45, 2.75) is 72.1 Å². The highest BCUT2D eigenvalue weighted by Crippen LogP contribution is 2.21. The third kappa shape index (κ3) is 8.45. The van der Waals surface area contributed by atoms with E-state index in [9.17, 15) is 14.4 Å². The maximum absolute atomic E-state index is 12.6. The molecule has 1 atom stereocenters. The standard InChI is InChI=1S/C22H30ClNO6/c1-8-14(2)28-20(27)29-18(25)17(15-9-11-16(23)12-10-15)13-24-22(6,7)19(26)30-21(3,4)5/h9-14,24H,8H2,1-7H3/b17-13+. The summed E-state index contributed by atoms with van der Waals surface area (Å²) in [5, 5.41) is 3.35. The summed E-state index contributed by atoms with van der Waals surface area (Å²) in [4.78, 5) is 37.0. The van der Waals surface area contributed by atoms with Crippen LogP contribution in [0.2, 0.25) is 5.02 Å². The van der Waals surface area contributed by atoms with E-state index in [2.05, 4.69) is 5.32 Å². The Bertz CT molecular complexity index is 793. The normalized spacial score (nSPS) is 13.3. The zero-order chi connectivity index (χ0) is 23.1. The quantitative estimate of drug-likeness (QED) is 0.368. The molecule has 30 heavy (non-hydrogen) atoms. The summed E-state index contributed by atoms with van der Waals surface area (Å²) in [7, 11) is 0. The van der Waals surface area contributed by atoms with E-state index in [1.54, 1.807) is 65.8 Å². The van der Waals surface area contributed by atoms with E-state index in [4.69, 9.17) is 25.8 Å². The minimum atomic E-state index is -1.15. The van der Waals surface area contributed by atoms with E-state index in [1.807, 2.05) is 6.92 Å². The fourth-order valence-electron chi connectivity index (χ4n) is 2.01. The predicted octanol–water partition coefficient (Wildman–Crippen LogP) is 4.87. The molecule has 7 nitrogen and oxygen atoms in total. The minimum Gasteiger partial charge on any atom is -0.458 e. The summed E-state index contributed by atoms with van der Waals surface area (Å²) in [5.74, 6) is -1.44. The van der Waals surface area contributed by atoms with Gasteiger partial charge in [0.25, 0.3) is 0 Å². The van der Waals surface area contributed by atoms with Crippen LogP contribution >= 0.6 is 11.6 Å². The molecule has 0 aliphatic rings. The molecule has 0 radical (unpaired) electrons. The Hall–Kier alpha value is -2.54. The largest absolute Gasteiger partial charge is 0.516 e. The second kappa shape index (κ2) is 10.5. The van der Waals surface area contributed by atoms with Gasteiger partial charge in [-0.1, -0.05) is 30.7 Å². The molecule has 1 aromatic rings. The van der Waals surface area contributed by atoms with E-state index in [-0.39, 0.29) is 5.57 Å². The van der Waals surface area contributed by atoms with Gasteiger partial charge in [-0.3, -0.25) is 0 Å². The van der Waals surface area contributed by atoms with Gasteiger partial charge in [-0.2, -0.15) is 0 Å². The lowest BCUT2D eigenvalue weighted by atomic mass is 10.0. The van der Waals surface area contributed by atoms with Crippen LogP contribution in [0.25, 0.3) is 5.57 Å². The summed E-state index contributed by atoms with van der Waals surface area (Å²) in [6, 6.07) is 6.37. The molecule has 166 valence electrons. The molecule has 1 aromatic carbocycles. The summed E-state index contributed by atoms with van der Waals surface area (Å²) in [6.45, 7) is 12.0. The number of benzene rings is 1. The van der Waals surface area contributed by atoms with Crippen molar-refractivity contribution in [3.63, 3.8) is 0 Å².